The van der Waals surface area contributed by atoms with Crippen molar-refractivity contribution >= 4 is 38.9 Å². The lowest BCUT2D eigenvalue weighted by Gasteiger charge is -2.16. The smallest absolute Gasteiger partial charge is 0.416 e. The van der Waals surface area contributed by atoms with Crippen LogP contribution < -0.4 is 5.73 Å². The summed E-state index contributed by atoms with van der Waals surface area (Å²) >= 11 is 11.9. The van der Waals surface area contributed by atoms with E-state index in [0.29, 0.717) is 10.6 Å². The average molecular weight is 483 g/mol. The molecular weight excluding hydrogens is 464 g/mol. The molecule has 30 heavy (non-hydrogen) atoms. The van der Waals surface area contributed by atoms with E-state index in [1.807, 2.05) is 0 Å². The largest absolute Gasteiger partial charge is 0.480 e. The van der Waals surface area contributed by atoms with Gasteiger partial charge in [-0.15, -0.1) is 0 Å². The van der Waals surface area contributed by atoms with Gasteiger partial charge >= 0.3 is 12.1 Å². The van der Waals surface area contributed by atoms with Crippen LogP contribution in [0.2, 0.25) is 10.0 Å². The number of hydrogen-bond acceptors (Lipinski definition) is 4. The van der Waals surface area contributed by atoms with Gasteiger partial charge in [0.2, 0.25) is 0 Å². The average Bonchev–Trinajstić information content (AvgIpc) is 2.64. The molecule has 0 saturated heterocycles. The lowest BCUT2D eigenvalue weighted by molar-refractivity contribution is -0.139. The Balaban J connectivity index is 2.27. The van der Waals surface area contributed by atoms with E-state index in [1.54, 1.807) is 0 Å². The Morgan fingerprint density at radius 1 is 1.17 bits per heavy atom. The Bertz CT molecular complexity index is 1040. The molecule has 2 aromatic carbocycles. The van der Waals surface area contributed by atoms with Crippen molar-refractivity contribution in [2.24, 2.45) is 5.73 Å². The Hall–Kier alpha value is -1.81. The maximum absolute atomic E-state index is 13.6. The molecule has 2 atom stereocenters. The molecule has 4 N–H and O–H groups in total. The number of nitrogens with one attached hydrogen (secondary N) is 1. The molecule has 164 valence electrons. The van der Waals surface area contributed by atoms with E-state index in [1.165, 1.54) is 30.3 Å². The van der Waals surface area contributed by atoms with Crippen LogP contribution in [0.15, 0.2) is 36.4 Å². The predicted octanol–water partition coefficient (Wildman–Crippen LogP) is 5.07. The van der Waals surface area contributed by atoms with Gasteiger partial charge in [-0.1, -0.05) is 41.4 Å². The Morgan fingerprint density at radius 3 is 2.40 bits per heavy atom. The molecule has 0 radical (unpaired) electrons. The first-order chi connectivity index (χ1) is 13.8. The highest BCUT2D eigenvalue weighted by Crippen LogP contribution is 2.37. The number of nitrogens with two attached hydrogens (primary N) is 1. The number of alkyl halides is 3. The topological polar surface area (TPSA) is 104 Å². The van der Waals surface area contributed by atoms with Gasteiger partial charge in [0, 0.05) is 36.8 Å². The molecule has 2 aromatic rings. The highest BCUT2D eigenvalue weighted by atomic mass is 35.5. The quantitative estimate of drug-likeness (QED) is 0.488. The summed E-state index contributed by atoms with van der Waals surface area (Å²) < 4.78 is 61.0. The van der Waals surface area contributed by atoms with Gasteiger partial charge in [-0.2, -0.15) is 13.2 Å². The van der Waals surface area contributed by atoms with Gasteiger partial charge in [0.25, 0.3) is 0 Å². The molecule has 0 saturated carbocycles. The summed E-state index contributed by atoms with van der Waals surface area (Å²) in [7, 11) is -3.29. The maximum atomic E-state index is 13.6. The molecule has 0 aliphatic heterocycles. The molecule has 0 bridgehead atoms. The van der Waals surface area contributed by atoms with E-state index >= 15 is 0 Å². The van der Waals surface area contributed by atoms with Crippen LogP contribution >= 0.6 is 23.2 Å². The summed E-state index contributed by atoms with van der Waals surface area (Å²) in [5.41, 5.74) is 4.93. The summed E-state index contributed by atoms with van der Waals surface area (Å²) in [5.74, 6) is -1.94. The second-order valence-electron chi connectivity index (χ2n) is 6.70. The van der Waals surface area contributed by atoms with Gasteiger partial charge in [-0.3, -0.25) is 9.57 Å². The van der Waals surface area contributed by atoms with Crippen molar-refractivity contribution in [2.45, 2.75) is 25.1 Å². The molecule has 11 heteroatoms. The molecule has 0 heterocycles. The molecule has 0 aromatic heterocycles. The van der Waals surface area contributed by atoms with E-state index in [2.05, 4.69) is 0 Å². The van der Waals surface area contributed by atoms with Crippen LogP contribution in [0, 0.1) is 4.78 Å². The van der Waals surface area contributed by atoms with Crippen molar-refractivity contribution in [3.63, 3.8) is 0 Å². The van der Waals surface area contributed by atoms with Crippen molar-refractivity contribution in [1.82, 2.24) is 0 Å². The number of halogens is 5. The van der Waals surface area contributed by atoms with E-state index in [-0.39, 0.29) is 40.5 Å². The minimum atomic E-state index is -4.67. The number of benzene rings is 2. The number of aliphatic carboxylic acids is 1. The molecular formula is C19H19Cl2F3N2O3S. The van der Waals surface area contributed by atoms with E-state index in [0.717, 1.165) is 6.07 Å². The summed E-state index contributed by atoms with van der Waals surface area (Å²) in [4.78, 5) is 10.7. The van der Waals surface area contributed by atoms with Gasteiger partial charge < -0.3 is 10.8 Å². The standard InChI is InChI=1S/C19H19Cl2F3N2O3S/c20-13-3-4-14(16(21)10-13)12-2-1-11(15(9-12)19(22,23)24)5-7-30(26,29)8-6-17(25)18(27)28/h1-4,9-10,17,26H,5-8,25H2,(H,27,28)/t17-,30?/m0/s1. The van der Waals surface area contributed by atoms with Crippen molar-refractivity contribution in [3.05, 3.63) is 57.6 Å². The minimum absolute atomic E-state index is 0.112. The predicted molar refractivity (Wildman–Crippen MR) is 111 cm³/mol. The highest BCUT2D eigenvalue weighted by Gasteiger charge is 2.34. The number of rotatable bonds is 8. The molecule has 0 fully saturated rings. The number of aryl methyl sites for hydroxylation is 1. The van der Waals surface area contributed by atoms with E-state index < -0.39 is 33.5 Å². The third-order valence-corrected chi connectivity index (χ3v) is 6.74. The number of carboxylic acid groups (broad SMARTS) is 1. The monoisotopic (exact) mass is 482 g/mol. The second kappa shape index (κ2) is 9.55. The summed E-state index contributed by atoms with van der Waals surface area (Å²) in [6, 6.07) is 6.87. The normalized spacial score (nSPS) is 14.9. The van der Waals surface area contributed by atoms with Gasteiger partial charge in [0.05, 0.1) is 5.56 Å². The Kier molecular flexibility index (Phi) is 7.79. The fourth-order valence-electron chi connectivity index (χ4n) is 2.77. The van der Waals surface area contributed by atoms with Crippen molar-refractivity contribution in [2.75, 3.05) is 11.5 Å². The van der Waals surface area contributed by atoms with E-state index in [9.17, 15) is 22.2 Å². The lowest BCUT2D eigenvalue weighted by atomic mass is 9.97. The first-order valence-electron chi connectivity index (χ1n) is 8.68. The van der Waals surface area contributed by atoms with E-state index in [4.69, 9.17) is 38.8 Å². The van der Waals surface area contributed by atoms with Crippen LogP contribution in [0.3, 0.4) is 0 Å². The summed E-state index contributed by atoms with van der Waals surface area (Å²) in [6.45, 7) is 0. The van der Waals surface area contributed by atoms with Crippen molar-refractivity contribution in [3.8, 4) is 11.1 Å². The van der Waals surface area contributed by atoms with Crippen molar-refractivity contribution < 1.29 is 27.3 Å². The van der Waals surface area contributed by atoms with Crippen LogP contribution in [0.4, 0.5) is 13.2 Å². The fraction of sp³-hybridized carbons (Fsp3) is 0.316. The maximum Gasteiger partial charge on any atom is 0.416 e. The zero-order chi connectivity index (χ0) is 22.7. The van der Waals surface area contributed by atoms with Crippen LogP contribution in [0.5, 0.6) is 0 Å². The molecule has 0 spiro atoms. The Labute approximate surface area is 182 Å². The SMILES string of the molecule is N=S(=O)(CCc1ccc(-c2ccc(Cl)cc2Cl)cc1C(F)(F)F)CC[C@H](N)C(=O)O. The Morgan fingerprint density at radius 2 is 1.83 bits per heavy atom. The zero-order valence-electron chi connectivity index (χ0n) is 15.5. The van der Waals surface area contributed by atoms with Crippen LogP contribution in [0.1, 0.15) is 17.5 Å². The van der Waals surface area contributed by atoms with Gasteiger partial charge in [0.1, 0.15) is 6.04 Å². The summed E-state index contributed by atoms with van der Waals surface area (Å²) in [5, 5.41) is 9.30. The van der Waals surface area contributed by atoms with Crippen LogP contribution in [0.25, 0.3) is 11.1 Å². The molecule has 1 unspecified atom stereocenters. The molecule has 0 aliphatic carbocycles. The third kappa shape index (κ3) is 6.60. The number of hydrogen-bond donors (Lipinski definition) is 3. The van der Waals surface area contributed by atoms with Gasteiger partial charge in [-0.05, 0) is 42.2 Å². The molecule has 0 aliphatic rings. The lowest BCUT2D eigenvalue weighted by Crippen LogP contribution is -2.32. The minimum Gasteiger partial charge on any atom is -0.480 e. The van der Waals surface area contributed by atoms with Crippen LogP contribution in [-0.2, 0) is 27.1 Å². The highest BCUT2D eigenvalue weighted by molar-refractivity contribution is 7.92. The van der Waals surface area contributed by atoms with Gasteiger partial charge in [-0.25, -0.2) is 4.21 Å². The second-order valence-corrected chi connectivity index (χ2v) is 9.98. The van der Waals surface area contributed by atoms with Crippen molar-refractivity contribution in [1.29, 1.82) is 4.78 Å². The van der Waals surface area contributed by atoms with Gasteiger partial charge in [0.15, 0.2) is 0 Å². The van der Waals surface area contributed by atoms with Crippen LogP contribution in [-0.4, -0.2) is 32.8 Å². The summed E-state index contributed by atoms with van der Waals surface area (Å²) in [6.07, 6.45) is -5.12. The first kappa shape index (κ1) is 24.5. The number of carboxylic acids is 1. The molecule has 0 amide bonds. The number of carbonyl (C=O) groups is 1. The molecule has 2 rings (SSSR count). The molecule has 5 nitrogen and oxygen atoms in total. The third-order valence-electron chi connectivity index (χ3n) is 4.43. The zero-order valence-corrected chi connectivity index (χ0v) is 17.8. The first-order valence-corrected chi connectivity index (χ1v) is 11.3. The fourth-order valence-corrected chi connectivity index (χ4v) is 4.67.